The van der Waals surface area contributed by atoms with Crippen LogP contribution >= 0.6 is 22.6 Å². The van der Waals surface area contributed by atoms with Gasteiger partial charge in [-0.15, -0.1) is 0 Å². The molecule has 0 saturated heterocycles. The van der Waals surface area contributed by atoms with Crippen LogP contribution in [0.15, 0.2) is 66.7 Å². The number of halogens is 1. The van der Waals surface area contributed by atoms with Gasteiger partial charge in [0.05, 0.1) is 16.8 Å². The van der Waals surface area contributed by atoms with Crippen molar-refractivity contribution in [3.63, 3.8) is 0 Å². The van der Waals surface area contributed by atoms with Crippen LogP contribution in [0.3, 0.4) is 0 Å². The molecule has 4 rings (SSSR count). The first-order valence-corrected chi connectivity index (χ1v) is 10.3. The summed E-state index contributed by atoms with van der Waals surface area (Å²) in [6.45, 7) is 0.970. The number of rotatable bonds is 4. The first-order chi connectivity index (χ1) is 12.7. The van der Waals surface area contributed by atoms with E-state index in [4.69, 9.17) is 5.73 Å². The Bertz CT molecular complexity index is 1090. The lowest BCUT2D eigenvalue weighted by Crippen LogP contribution is -2.42. The summed E-state index contributed by atoms with van der Waals surface area (Å²) in [4.78, 5) is 0. The molecule has 3 aromatic carbocycles. The lowest BCUT2D eigenvalue weighted by Gasteiger charge is -2.12. The number of quaternary nitrogens is 1. The Morgan fingerprint density at radius 3 is 2.42 bits per heavy atom. The quantitative estimate of drug-likeness (QED) is 0.156. The van der Waals surface area contributed by atoms with Gasteiger partial charge < -0.3 is 11.5 Å². The first kappa shape index (κ1) is 17.2. The summed E-state index contributed by atoms with van der Waals surface area (Å²) < 4.78 is 3.57. The van der Waals surface area contributed by atoms with Gasteiger partial charge in [-0.05, 0) is 30.3 Å². The molecular weight excluding hydrogens is 433 g/mol. The Kier molecular flexibility index (Phi) is 4.78. The maximum Gasteiger partial charge on any atom is 0.220 e. The van der Waals surface area contributed by atoms with Crippen LogP contribution in [0.1, 0.15) is 6.42 Å². The van der Waals surface area contributed by atoms with Gasteiger partial charge in [-0.1, -0.05) is 46.9 Å². The van der Waals surface area contributed by atoms with Gasteiger partial charge in [0.25, 0.3) is 0 Å². The van der Waals surface area contributed by atoms with Crippen molar-refractivity contribution in [2.75, 3.05) is 10.2 Å². The molecule has 4 aromatic rings. The molecule has 0 radical (unpaired) electrons. The number of pyridine rings is 1. The average Bonchev–Trinajstić information content (AvgIpc) is 2.66. The fraction of sp³-hybridized carbons (Fsp3) is 0.136. The molecule has 1 aromatic heterocycles. The van der Waals surface area contributed by atoms with Crippen LogP contribution in [-0.2, 0) is 6.54 Å². The lowest BCUT2D eigenvalue weighted by atomic mass is 9.98. The molecule has 0 aliphatic heterocycles. The summed E-state index contributed by atoms with van der Waals surface area (Å²) in [5, 5.41) is 3.69. The highest BCUT2D eigenvalue weighted by atomic mass is 127. The summed E-state index contributed by atoms with van der Waals surface area (Å²) in [6, 6.07) is 23.3. The van der Waals surface area contributed by atoms with E-state index >= 15 is 0 Å². The van der Waals surface area contributed by atoms with E-state index in [9.17, 15) is 0 Å². The summed E-state index contributed by atoms with van der Waals surface area (Å²) in [7, 11) is 0. The summed E-state index contributed by atoms with van der Waals surface area (Å²) in [5.41, 5.74) is 15.8. The number of nitrogens with zero attached hydrogens (tertiary/aromatic N) is 1. The second kappa shape index (κ2) is 7.21. The molecule has 0 atom stereocenters. The number of fused-ring (bicyclic) bond motifs is 3. The third-order valence-electron chi connectivity index (χ3n) is 4.77. The van der Waals surface area contributed by atoms with Crippen LogP contribution in [0.5, 0.6) is 0 Å². The summed E-state index contributed by atoms with van der Waals surface area (Å²) in [5.74, 6) is 0. The van der Waals surface area contributed by atoms with E-state index in [2.05, 4.69) is 93.6 Å². The van der Waals surface area contributed by atoms with E-state index in [0.717, 1.165) is 28.8 Å². The number of nitrogen functional groups attached to an aromatic ring is 1. The van der Waals surface area contributed by atoms with Crippen LogP contribution in [-0.4, -0.2) is 4.43 Å². The van der Waals surface area contributed by atoms with Gasteiger partial charge in [0.15, 0.2) is 0 Å². The molecule has 0 aliphatic rings. The Morgan fingerprint density at radius 2 is 1.65 bits per heavy atom. The summed E-state index contributed by atoms with van der Waals surface area (Å²) in [6.07, 6.45) is 1.12. The van der Waals surface area contributed by atoms with Gasteiger partial charge in [-0.3, -0.25) is 0 Å². The number of nitrogens with two attached hydrogens (primary N) is 1. The highest BCUT2D eigenvalue weighted by molar-refractivity contribution is 14.1. The molecule has 0 amide bonds. The molecule has 0 bridgehead atoms. The number of hydrogen-bond donors (Lipinski definition) is 2. The maximum absolute atomic E-state index is 6.17. The lowest BCUT2D eigenvalue weighted by molar-refractivity contribution is -0.659. The van der Waals surface area contributed by atoms with E-state index in [1.165, 1.54) is 32.9 Å². The molecule has 26 heavy (non-hydrogen) atoms. The standard InChI is InChI=1S/C22H20IN3/c23-11-4-12-26-21-14-17(25)8-10-19(21)18-9-7-16(24)13-20(18)22(26)15-5-2-1-3-6-15/h1-3,5-10,13-14,25H,4,11-12,24H2/p+2. The second-order valence-electron chi connectivity index (χ2n) is 6.57. The topological polar surface area (TPSA) is 57.5 Å². The van der Waals surface area contributed by atoms with E-state index in [-0.39, 0.29) is 0 Å². The molecule has 0 unspecified atom stereocenters. The van der Waals surface area contributed by atoms with Crippen molar-refractivity contribution in [2.45, 2.75) is 13.0 Å². The van der Waals surface area contributed by atoms with Crippen LogP contribution in [0, 0.1) is 0 Å². The molecule has 5 N–H and O–H groups in total. The fourth-order valence-electron chi connectivity index (χ4n) is 3.64. The van der Waals surface area contributed by atoms with Crippen LogP contribution in [0.2, 0.25) is 0 Å². The Labute approximate surface area is 166 Å². The van der Waals surface area contributed by atoms with Crippen molar-refractivity contribution in [3.8, 4) is 11.3 Å². The molecule has 4 heteroatoms. The normalized spacial score (nSPS) is 11.3. The van der Waals surface area contributed by atoms with Gasteiger partial charge in [-0.25, -0.2) is 0 Å². The number of aryl methyl sites for hydroxylation is 1. The van der Waals surface area contributed by atoms with Crippen LogP contribution < -0.4 is 16.0 Å². The number of benzene rings is 3. The van der Waals surface area contributed by atoms with Crippen LogP contribution in [0.25, 0.3) is 32.9 Å². The monoisotopic (exact) mass is 455 g/mol. The van der Waals surface area contributed by atoms with Crippen molar-refractivity contribution >= 4 is 55.6 Å². The molecule has 3 nitrogen and oxygen atoms in total. The molecule has 130 valence electrons. The van der Waals surface area contributed by atoms with E-state index < -0.39 is 0 Å². The average molecular weight is 455 g/mol. The van der Waals surface area contributed by atoms with E-state index in [1.54, 1.807) is 0 Å². The number of aromatic nitrogens is 1. The first-order valence-electron chi connectivity index (χ1n) is 8.81. The highest BCUT2D eigenvalue weighted by Crippen LogP contribution is 2.33. The number of alkyl halides is 1. The smallest absolute Gasteiger partial charge is 0.220 e. The Hall–Kier alpha value is -2.18. The third kappa shape index (κ3) is 3.04. The molecule has 1 heterocycles. The molecule has 0 fully saturated rings. The molecular formula is C22H22IN3+2. The fourth-order valence-corrected chi connectivity index (χ4v) is 3.99. The van der Waals surface area contributed by atoms with Crippen molar-refractivity contribution in [2.24, 2.45) is 0 Å². The van der Waals surface area contributed by atoms with Crippen LogP contribution in [0.4, 0.5) is 11.4 Å². The predicted octanol–water partition coefficient (Wildman–Crippen LogP) is 4.23. The largest absolute Gasteiger partial charge is 0.399 e. The zero-order chi connectivity index (χ0) is 18.1. The SMILES string of the molecule is Nc1ccc2c(c1)c(-c1ccccc1)[n+](CCCI)c1cc([NH3+])ccc21. The molecule has 0 spiro atoms. The minimum Gasteiger partial charge on any atom is -0.399 e. The highest BCUT2D eigenvalue weighted by Gasteiger charge is 2.23. The minimum absolute atomic E-state index is 0.795. The van der Waals surface area contributed by atoms with Gasteiger partial charge in [0.2, 0.25) is 11.2 Å². The zero-order valence-electron chi connectivity index (χ0n) is 14.6. The van der Waals surface area contributed by atoms with E-state index in [1.807, 2.05) is 6.07 Å². The molecule has 0 aliphatic carbocycles. The van der Waals surface area contributed by atoms with Crippen molar-refractivity contribution in [1.29, 1.82) is 0 Å². The van der Waals surface area contributed by atoms with Crippen molar-refractivity contribution in [1.82, 2.24) is 0 Å². The number of anilines is 1. The van der Waals surface area contributed by atoms with Gasteiger partial charge in [0, 0.05) is 33.6 Å². The Balaban J connectivity index is 2.20. The van der Waals surface area contributed by atoms with Gasteiger partial charge in [0.1, 0.15) is 12.2 Å². The zero-order valence-corrected chi connectivity index (χ0v) is 16.7. The van der Waals surface area contributed by atoms with Gasteiger partial charge in [-0.2, -0.15) is 4.57 Å². The third-order valence-corrected chi connectivity index (χ3v) is 5.54. The second-order valence-corrected chi connectivity index (χ2v) is 7.64. The van der Waals surface area contributed by atoms with Crippen molar-refractivity contribution in [3.05, 3.63) is 66.7 Å². The minimum atomic E-state index is 0.795. The van der Waals surface area contributed by atoms with E-state index in [0.29, 0.717) is 0 Å². The maximum atomic E-state index is 6.17. The predicted molar refractivity (Wildman–Crippen MR) is 118 cm³/mol. The van der Waals surface area contributed by atoms with Gasteiger partial charge >= 0.3 is 0 Å². The van der Waals surface area contributed by atoms with Crippen molar-refractivity contribution < 1.29 is 10.3 Å². The summed E-state index contributed by atoms with van der Waals surface area (Å²) >= 11 is 2.45. The Morgan fingerprint density at radius 1 is 0.885 bits per heavy atom. The number of hydrogen-bond acceptors (Lipinski definition) is 1. The molecule has 0 saturated carbocycles.